The van der Waals surface area contributed by atoms with Gasteiger partial charge in [-0.3, -0.25) is 4.79 Å². The Morgan fingerprint density at radius 3 is 2.67 bits per heavy atom. The number of carbonyl (C=O) groups is 1. The molecule has 4 heteroatoms. The lowest BCUT2D eigenvalue weighted by Crippen LogP contribution is -2.26. The minimum atomic E-state index is 0.337. The van der Waals surface area contributed by atoms with Gasteiger partial charge < -0.3 is 5.32 Å². The van der Waals surface area contributed by atoms with Crippen LogP contribution in [-0.2, 0) is 4.79 Å². The molecule has 1 aliphatic carbocycles. The van der Waals surface area contributed by atoms with Crippen LogP contribution in [0.2, 0.25) is 0 Å². The van der Waals surface area contributed by atoms with E-state index >= 15 is 0 Å². The first-order valence-electron chi connectivity index (χ1n) is 7.66. The number of hydrogen-bond acceptors (Lipinski definition) is 4. The number of anilines is 1. The van der Waals surface area contributed by atoms with Crippen LogP contribution >= 0.6 is 0 Å². The number of carbonyl (C=O) groups excluding carboxylic acids is 1. The molecule has 110 valence electrons. The molecule has 0 unspecified atom stereocenters. The maximum absolute atomic E-state index is 11.3. The number of ketones is 1. The smallest absolute Gasteiger partial charge is 0.137 e. The van der Waals surface area contributed by atoms with E-state index in [-0.39, 0.29) is 0 Å². The number of rotatable bonds is 3. The lowest BCUT2D eigenvalue weighted by atomic mass is 9.94. The van der Waals surface area contributed by atoms with E-state index in [0.29, 0.717) is 30.6 Å². The van der Waals surface area contributed by atoms with Gasteiger partial charge in [-0.25, -0.2) is 9.97 Å². The van der Waals surface area contributed by atoms with Crippen molar-refractivity contribution >= 4 is 22.5 Å². The predicted octanol–water partition coefficient (Wildman–Crippen LogP) is 3.68. The van der Waals surface area contributed by atoms with Crippen LogP contribution in [0.5, 0.6) is 0 Å². The molecular formula is C17H21N3O. The molecule has 0 spiro atoms. The van der Waals surface area contributed by atoms with Gasteiger partial charge in [0.1, 0.15) is 17.9 Å². The zero-order valence-electron chi connectivity index (χ0n) is 12.6. The van der Waals surface area contributed by atoms with E-state index in [2.05, 4.69) is 47.3 Å². The molecule has 1 N–H and O–H groups in total. The molecular weight excluding hydrogens is 262 g/mol. The van der Waals surface area contributed by atoms with Crippen molar-refractivity contribution in [1.29, 1.82) is 0 Å². The maximum atomic E-state index is 11.3. The zero-order valence-corrected chi connectivity index (χ0v) is 12.6. The minimum Gasteiger partial charge on any atom is -0.367 e. The van der Waals surface area contributed by atoms with Crippen LogP contribution in [0.4, 0.5) is 5.82 Å². The summed E-state index contributed by atoms with van der Waals surface area (Å²) in [5.41, 5.74) is 2.25. The highest BCUT2D eigenvalue weighted by atomic mass is 16.1. The first-order valence-corrected chi connectivity index (χ1v) is 7.66. The van der Waals surface area contributed by atoms with Gasteiger partial charge in [0.15, 0.2) is 0 Å². The number of nitrogens with one attached hydrogen (secondary N) is 1. The Kier molecular flexibility index (Phi) is 3.86. The summed E-state index contributed by atoms with van der Waals surface area (Å²) in [4.78, 5) is 20.1. The lowest BCUT2D eigenvalue weighted by molar-refractivity contribution is -0.120. The van der Waals surface area contributed by atoms with Gasteiger partial charge in [-0.1, -0.05) is 19.9 Å². The van der Waals surface area contributed by atoms with Crippen LogP contribution in [0.3, 0.4) is 0 Å². The highest BCUT2D eigenvalue weighted by Gasteiger charge is 2.19. The van der Waals surface area contributed by atoms with Crippen molar-refractivity contribution in [2.75, 3.05) is 5.32 Å². The van der Waals surface area contributed by atoms with Gasteiger partial charge in [-0.15, -0.1) is 0 Å². The maximum Gasteiger partial charge on any atom is 0.137 e. The molecule has 1 aromatic heterocycles. The first kappa shape index (κ1) is 14.0. The van der Waals surface area contributed by atoms with Crippen molar-refractivity contribution in [3.63, 3.8) is 0 Å². The second-order valence-electron chi connectivity index (χ2n) is 6.11. The Labute approximate surface area is 125 Å². The van der Waals surface area contributed by atoms with E-state index in [4.69, 9.17) is 0 Å². The molecule has 4 nitrogen and oxygen atoms in total. The van der Waals surface area contributed by atoms with Crippen LogP contribution in [0, 0.1) is 0 Å². The summed E-state index contributed by atoms with van der Waals surface area (Å²) < 4.78 is 0. The molecule has 1 aliphatic rings. The second-order valence-corrected chi connectivity index (χ2v) is 6.11. The van der Waals surface area contributed by atoms with Crippen molar-refractivity contribution in [3.05, 3.63) is 30.1 Å². The number of Topliss-reactive ketones (excluding diaryl/α,β-unsaturated/α-hetero) is 1. The van der Waals surface area contributed by atoms with Gasteiger partial charge in [0, 0.05) is 24.3 Å². The number of hydrogen-bond donors (Lipinski definition) is 1. The Morgan fingerprint density at radius 2 is 1.95 bits per heavy atom. The fraction of sp³-hybridized carbons (Fsp3) is 0.471. The Hall–Kier alpha value is -1.97. The van der Waals surface area contributed by atoms with E-state index in [9.17, 15) is 4.79 Å². The summed E-state index contributed by atoms with van der Waals surface area (Å²) in [5, 5.41) is 4.58. The predicted molar refractivity (Wildman–Crippen MR) is 84.5 cm³/mol. The zero-order chi connectivity index (χ0) is 14.8. The summed E-state index contributed by atoms with van der Waals surface area (Å²) in [7, 11) is 0. The van der Waals surface area contributed by atoms with Crippen molar-refractivity contribution in [3.8, 4) is 0 Å². The average molecular weight is 283 g/mol. The van der Waals surface area contributed by atoms with Crippen LogP contribution in [0.15, 0.2) is 24.5 Å². The van der Waals surface area contributed by atoms with E-state index in [1.54, 1.807) is 6.33 Å². The Bertz CT molecular complexity index is 656. The largest absolute Gasteiger partial charge is 0.367 e. The molecule has 0 bridgehead atoms. The fourth-order valence-corrected chi connectivity index (χ4v) is 2.83. The molecule has 0 radical (unpaired) electrons. The van der Waals surface area contributed by atoms with E-state index < -0.39 is 0 Å². The lowest BCUT2D eigenvalue weighted by Gasteiger charge is -2.23. The molecule has 0 aliphatic heterocycles. The van der Waals surface area contributed by atoms with Gasteiger partial charge in [0.05, 0.1) is 5.52 Å². The van der Waals surface area contributed by atoms with Gasteiger partial charge >= 0.3 is 0 Å². The molecule has 21 heavy (non-hydrogen) atoms. The SMILES string of the molecule is CC(C)c1ccc2ncnc(NC3CCC(=O)CC3)c2c1. The number of aromatic nitrogens is 2. The first-order chi connectivity index (χ1) is 10.1. The molecule has 1 aromatic carbocycles. The van der Waals surface area contributed by atoms with E-state index in [0.717, 1.165) is 29.6 Å². The summed E-state index contributed by atoms with van der Waals surface area (Å²) in [6.45, 7) is 4.37. The van der Waals surface area contributed by atoms with Crippen molar-refractivity contribution < 1.29 is 4.79 Å². The standard InChI is InChI=1S/C17H21N3O/c1-11(2)12-3-8-16-15(9-12)17(19-10-18-16)20-13-4-6-14(21)7-5-13/h3,8-11,13H,4-7H2,1-2H3,(H,18,19,20). The molecule has 1 saturated carbocycles. The topological polar surface area (TPSA) is 54.9 Å². The normalized spacial score (nSPS) is 16.6. The number of benzene rings is 1. The van der Waals surface area contributed by atoms with Crippen LogP contribution < -0.4 is 5.32 Å². The third-order valence-corrected chi connectivity index (χ3v) is 4.21. The summed E-state index contributed by atoms with van der Waals surface area (Å²) in [5.74, 6) is 1.75. The molecule has 0 saturated heterocycles. The monoisotopic (exact) mass is 283 g/mol. The third kappa shape index (κ3) is 3.04. The Morgan fingerprint density at radius 1 is 1.19 bits per heavy atom. The molecule has 0 amide bonds. The molecule has 2 aromatic rings. The fourth-order valence-electron chi connectivity index (χ4n) is 2.83. The molecule has 0 atom stereocenters. The number of nitrogens with zero attached hydrogens (tertiary/aromatic N) is 2. The molecule has 3 rings (SSSR count). The summed E-state index contributed by atoms with van der Waals surface area (Å²) >= 11 is 0. The van der Waals surface area contributed by atoms with E-state index in [1.807, 2.05) is 0 Å². The summed E-state index contributed by atoms with van der Waals surface area (Å²) in [6, 6.07) is 6.70. The van der Waals surface area contributed by atoms with Crippen LogP contribution in [0.25, 0.3) is 10.9 Å². The van der Waals surface area contributed by atoms with Gasteiger partial charge in [0.25, 0.3) is 0 Å². The molecule has 1 fully saturated rings. The van der Waals surface area contributed by atoms with Crippen molar-refractivity contribution in [2.24, 2.45) is 0 Å². The minimum absolute atomic E-state index is 0.337. The van der Waals surface area contributed by atoms with Crippen LogP contribution in [0.1, 0.15) is 51.0 Å². The van der Waals surface area contributed by atoms with Crippen molar-refractivity contribution in [1.82, 2.24) is 9.97 Å². The van der Waals surface area contributed by atoms with Gasteiger partial charge in [-0.05, 0) is 36.5 Å². The summed E-state index contributed by atoms with van der Waals surface area (Å²) in [6.07, 6.45) is 4.76. The third-order valence-electron chi connectivity index (χ3n) is 4.21. The number of fused-ring (bicyclic) bond motifs is 1. The van der Waals surface area contributed by atoms with Gasteiger partial charge in [-0.2, -0.15) is 0 Å². The van der Waals surface area contributed by atoms with Gasteiger partial charge in [0.2, 0.25) is 0 Å². The highest BCUT2D eigenvalue weighted by molar-refractivity contribution is 5.89. The highest BCUT2D eigenvalue weighted by Crippen LogP contribution is 2.26. The van der Waals surface area contributed by atoms with Crippen molar-refractivity contribution in [2.45, 2.75) is 51.5 Å². The Balaban J connectivity index is 1.90. The average Bonchev–Trinajstić information content (AvgIpc) is 2.49. The van der Waals surface area contributed by atoms with Crippen LogP contribution in [-0.4, -0.2) is 21.8 Å². The second kappa shape index (κ2) is 5.80. The van der Waals surface area contributed by atoms with E-state index in [1.165, 1.54) is 5.56 Å². The quantitative estimate of drug-likeness (QED) is 0.933. The molecule has 1 heterocycles.